The molecule has 1 N–H and O–H groups in total. The maximum Gasteiger partial charge on any atom is 0.213 e. The van der Waals surface area contributed by atoms with Crippen molar-refractivity contribution in [1.29, 1.82) is 0 Å². The summed E-state index contributed by atoms with van der Waals surface area (Å²) in [4.78, 5) is 4.12. The fourth-order valence-corrected chi connectivity index (χ4v) is 1.37. The maximum atomic E-state index is 5.58. The van der Waals surface area contributed by atoms with Crippen molar-refractivity contribution in [2.45, 2.75) is 13.0 Å². The molecule has 1 rings (SSSR count). The predicted octanol–water partition coefficient (Wildman–Crippen LogP) is 1.84. The van der Waals surface area contributed by atoms with Gasteiger partial charge in [0.2, 0.25) is 5.88 Å². The molecule has 5 heteroatoms. The van der Waals surface area contributed by atoms with Crippen LogP contribution in [0.25, 0.3) is 0 Å². The topological polar surface area (TPSA) is 43.4 Å². The van der Waals surface area contributed by atoms with Gasteiger partial charge >= 0.3 is 0 Å². The van der Waals surface area contributed by atoms with Gasteiger partial charge in [-0.15, -0.1) is 0 Å². The second-order valence-corrected chi connectivity index (χ2v) is 3.82. The Labute approximate surface area is 104 Å². The van der Waals surface area contributed by atoms with Crippen LogP contribution in [-0.2, 0) is 0 Å². The van der Waals surface area contributed by atoms with Crippen molar-refractivity contribution >= 4 is 22.6 Å². The highest BCUT2D eigenvalue weighted by atomic mass is 127. The van der Waals surface area contributed by atoms with Crippen molar-refractivity contribution in [3.05, 3.63) is 18.3 Å². The van der Waals surface area contributed by atoms with E-state index in [-0.39, 0.29) is 6.10 Å². The van der Waals surface area contributed by atoms with Crippen LogP contribution in [0, 0.1) is 0 Å². The Morgan fingerprint density at radius 1 is 1.53 bits per heavy atom. The average molecular weight is 322 g/mol. The van der Waals surface area contributed by atoms with Crippen molar-refractivity contribution in [1.82, 2.24) is 10.3 Å². The van der Waals surface area contributed by atoms with Gasteiger partial charge in [-0.25, -0.2) is 4.98 Å². The number of nitrogens with one attached hydrogen (secondary N) is 1. The Morgan fingerprint density at radius 2 is 2.33 bits per heavy atom. The van der Waals surface area contributed by atoms with Crippen molar-refractivity contribution in [2.24, 2.45) is 0 Å². The smallest absolute Gasteiger partial charge is 0.213 e. The zero-order valence-corrected chi connectivity index (χ0v) is 11.0. The quantitative estimate of drug-likeness (QED) is 0.493. The molecule has 1 aromatic rings. The van der Waals surface area contributed by atoms with Crippen LogP contribution in [0.2, 0.25) is 0 Å². The summed E-state index contributed by atoms with van der Waals surface area (Å²) in [6, 6.07) is 3.64. The SMILES string of the molecule is COc1ccc(O[C@H](C)CNCI)nc1. The molecule has 0 spiro atoms. The third-order valence-corrected chi connectivity index (χ3v) is 2.33. The predicted molar refractivity (Wildman–Crippen MR) is 67.8 cm³/mol. The Balaban J connectivity index is 2.42. The van der Waals surface area contributed by atoms with Crippen LogP contribution >= 0.6 is 22.6 Å². The molecule has 0 fully saturated rings. The van der Waals surface area contributed by atoms with Crippen LogP contribution in [0.5, 0.6) is 11.6 Å². The number of aromatic nitrogens is 1. The molecule has 0 aliphatic heterocycles. The summed E-state index contributed by atoms with van der Waals surface area (Å²) in [6.07, 6.45) is 1.76. The number of alkyl halides is 1. The molecule has 0 aliphatic rings. The largest absolute Gasteiger partial charge is 0.495 e. The Kier molecular flexibility index (Phi) is 5.70. The molecule has 0 aromatic carbocycles. The molecule has 1 heterocycles. The highest BCUT2D eigenvalue weighted by molar-refractivity contribution is 14.1. The molecule has 0 radical (unpaired) electrons. The fourth-order valence-electron chi connectivity index (χ4n) is 1.06. The Hall–Kier alpha value is -0.560. The molecule has 1 atom stereocenters. The van der Waals surface area contributed by atoms with E-state index in [1.54, 1.807) is 19.4 Å². The molecule has 0 saturated carbocycles. The van der Waals surface area contributed by atoms with Crippen LogP contribution in [0.15, 0.2) is 18.3 Å². The van der Waals surface area contributed by atoms with Gasteiger partial charge < -0.3 is 14.8 Å². The van der Waals surface area contributed by atoms with E-state index in [9.17, 15) is 0 Å². The molecule has 0 saturated heterocycles. The fraction of sp³-hybridized carbons (Fsp3) is 0.500. The molecule has 84 valence electrons. The van der Waals surface area contributed by atoms with E-state index in [0.717, 1.165) is 16.8 Å². The first-order valence-electron chi connectivity index (χ1n) is 4.69. The van der Waals surface area contributed by atoms with E-state index in [1.165, 1.54) is 0 Å². The normalized spacial score (nSPS) is 12.2. The monoisotopic (exact) mass is 322 g/mol. The third-order valence-electron chi connectivity index (χ3n) is 1.79. The van der Waals surface area contributed by atoms with E-state index in [4.69, 9.17) is 9.47 Å². The van der Waals surface area contributed by atoms with Crippen molar-refractivity contribution in [2.75, 3.05) is 18.2 Å². The van der Waals surface area contributed by atoms with Gasteiger partial charge in [0.15, 0.2) is 0 Å². The molecule has 15 heavy (non-hydrogen) atoms. The van der Waals surface area contributed by atoms with E-state index in [1.807, 2.05) is 13.0 Å². The third kappa shape index (κ3) is 4.65. The lowest BCUT2D eigenvalue weighted by Gasteiger charge is -2.13. The maximum absolute atomic E-state index is 5.58. The first-order valence-corrected chi connectivity index (χ1v) is 6.22. The molecule has 4 nitrogen and oxygen atoms in total. The van der Waals surface area contributed by atoms with Crippen LogP contribution in [0.4, 0.5) is 0 Å². The first kappa shape index (κ1) is 12.5. The first-order chi connectivity index (χ1) is 7.26. The zero-order valence-electron chi connectivity index (χ0n) is 8.87. The molecule has 1 aromatic heterocycles. The molecule has 0 bridgehead atoms. The van der Waals surface area contributed by atoms with Crippen molar-refractivity contribution < 1.29 is 9.47 Å². The summed E-state index contributed by atoms with van der Waals surface area (Å²) in [5.41, 5.74) is 0. The number of hydrogen-bond donors (Lipinski definition) is 1. The second kappa shape index (κ2) is 6.84. The summed E-state index contributed by atoms with van der Waals surface area (Å²) in [6.45, 7) is 2.82. The van der Waals surface area contributed by atoms with Crippen LogP contribution in [-0.4, -0.2) is 29.3 Å². The summed E-state index contributed by atoms with van der Waals surface area (Å²) in [5, 5.41) is 3.20. The van der Waals surface area contributed by atoms with Gasteiger partial charge in [-0.2, -0.15) is 0 Å². The molecule has 0 amide bonds. The van der Waals surface area contributed by atoms with E-state index >= 15 is 0 Å². The van der Waals surface area contributed by atoms with Gasteiger partial charge in [0.1, 0.15) is 11.9 Å². The molecular weight excluding hydrogens is 307 g/mol. The van der Waals surface area contributed by atoms with Gasteiger partial charge in [-0.05, 0) is 13.0 Å². The number of rotatable bonds is 6. The molecule has 0 unspecified atom stereocenters. The van der Waals surface area contributed by atoms with Crippen LogP contribution in [0.1, 0.15) is 6.92 Å². The van der Waals surface area contributed by atoms with Gasteiger partial charge in [0.25, 0.3) is 0 Å². The van der Waals surface area contributed by atoms with Gasteiger partial charge in [0.05, 0.1) is 13.3 Å². The minimum atomic E-state index is 0.112. The standard InChI is InChI=1S/C10H15IN2O2/c1-8(5-12-7-11)15-10-4-3-9(14-2)6-13-10/h3-4,6,8,12H,5,7H2,1-2H3/t8-/m1/s1. The number of nitrogens with zero attached hydrogens (tertiary/aromatic N) is 1. The summed E-state index contributed by atoms with van der Waals surface area (Å²) in [7, 11) is 1.62. The van der Waals surface area contributed by atoms with E-state index in [0.29, 0.717) is 5.88 Å². The highest BCUT2D eigenvalue weighted by Crippen LogP contribution is 2.13. The lowest BCUT2D eigenvalue weighted by atomic mass is 10.4. The van der Waals surface area contributed by atoms with Crippen LogP contribution in [0.3, 0.4) is 0 Å². The number of methoxy groups -OCH3 is 1. The van der Waals surface area contributed by atoms with Gasteiger partial charge in [-0.3, -0.25) is 0 Å². The number of pyridine rings is 1. The number of ether oxygens (including phenoxy) is 2. The summed E-state index contributed by atoms with van der Waals surface area (Å²) >= 11 is 2.26. The van der Waals surface area contributed by atoms with Gasteiger partial charge in [-0.1, -0.05) is 22.6 Å². The zero-order chi connectivity index (χ0) is 11.1. The lowest BCUT2D eigenvalue weighted by molar-refractivity contribution is 0.211. The summed E-state index contributed by atoms with van der Waals surface area (Å²) < 4.78 is 11.5. The Morgan fingerprint density at radius 3 is 2.87 bits per heavy atom. The minimum Gasteiger partial charge on any atom is -0.495 e. The number of hydrogen-bond acceptors (Lipinski definition) is 4. The van der Waals surface area contributed by atoms with Crippen molar-refractivity contribution in [3.63, 3.8) is 0 Å². The van der Waals surface area contributed by atoms with Crippen molar-refractivity contribution in [3.8, 4) is 11.6 Å². The van der Waals surface area contributed by atoms with Gasteiger partial charge in [0, 0.05) is 17.2 Å². The summed E-state index contributed by atoms with van der Waals surface area (Å²) in [5.74, 6) is 1.36. The minimum absolute atomic E-state index is 0.112. The number of halogens is 1. The van der Waals surface area contributed by atoms with E-state index in [2.05, 4.69) is 32.9 Å². The van der Waals surface area contributed by atoms with Crippen LogP contribution < -0.4 is 14.8 Å². The Bertz CT molecular complexity index is 279. The molecule has 0 aliphatic carbocycles. The lowest BCUT2D eigenvalue weighted by Crippen LogP contribution is -2.28. The second-order valence-electron chi connectivity index (χ2n) is 3.05. The molecular formula is C10H15IN2O2. The highest BCUT2D eigenvalue weighted by Gasteiger charge is 2.03. The average Bonchev–Trinajstić information content (AvgIpc) is 2.27. The van der Waals surface area contributed by atoms with E-state index < -0.39 is 0 Å².